The molecule has 4 nitrogen and oxygen atoms in total. The highest BCUT2D eigenvalue weighted by Gasteiger charge is 2.14. The van der Waals surface area contributed by atoms with Crippen LogP contribution in [0.1, 0.15) is 32.6 Å². The summed E-state index contributed by atoms with van der Waals surface area (Å²) in [6, 6.07) is 0. The normalized spacial score (nSPS) is 18.1. The second-order valence-electron chi connectivity index (χ2n) is 3.75. The summed E-state index contributed by atoms with van der Waals surface area (Å²) < 4.78 is 4.57. The first kappa shape index (κ1) is 12.2. The largest absolute Gasteiger partial charge is 0.466 e. The highest BCUT2D eigenvalue weighted by molar-refractivity contribution is 5.87. The van der Waals surface area contributed by atoms with Crippen LogP contribution in [0.15, 0.2) is 11.6 Å². The van der Waals surface area contributed by atoms with E-state index in [1.807, 2.05) is 0 Å². The van der Waals surface area contributed by atoms with E-state index in [0.29, 0.717) is 18.2 Å². The van der Waals surface area contributed by atoms with Gasteiger partial charge in [0.25, 0.3) is 0 Å². The summed E-state index contributed by atoms with van der Waals surface area (Å²) in [6.45, 7) is 2.26. The molecule has 0 atom stereocenters. The summed E-state index contributed by atoms with van der Waals surface area (Å²) in [5.41, 5.74) is 3.45. The summed E-state index contributed by atoms with van der Waals surface area (Å²) in [6.07, 6.45) is 6.88. The number of nitrogens with one attached hydrogen (secondary N) is 1. The molecule has 0 radical (unpaired) electrons. The maximum Gasteiger partial charge on any atom is 0.333 e. The van der Waals surface area contributed by atoms with E-state index >= 15 is 0 Å². The van der Waals surface area contributed by atoms with E-state index in [9.17, 15) is 4.79 Å². The Balaban J connectivity index is 2.11. The van der Waals surface area contributed by atoms with Crippen LogP contribution < -0.4 is 5.48 Å². The third-order valence-corrected chi connectivity index (χ3v) is 2.55. The zero-order chi connectivity index (χ0) is 11.1. The predicted octanol–water partition coefficient (Wildman–Crippen LogP) is 1.57. The van der Waals surface area contributed by atoms with Gasteiger partial charge in [0.15, 0.2) is 0 Å². The molecule has 86 valence electrons. The second kappa shape index (κ2) is 6.58. The molecule has 4 heteroatoms. The van der Waals surface area contributed by atoms with E-state index < -0.39 is 0 Å². The smallest absolute Gasteiger partial charge is 0.333 e. The van der Waals surface area contributed by atoms with Crippen LogP contribution in [0.4, 0.5) is 0 Å². The molecule has 0 aliphatic heterocycles. The molecule has 1 aliphatic carbocycles. The summed E-state index contributed by atoms with van der Waals surface area (Å²) in [4.78, 5) is 16.4. The summed E-state index contributed by atoms with van der Waals surface area (Å²) in [5, 5.41) is 0. The monoisotopic (exact) mass is 213 g/mol. The number of methoxy groups -OCH3 is 1. The van der Waals surface area contributed by atoms with Gasteiger partial charge in [-0.1, -0.05) is 18.9 Å². The molecule has 1 aliphatic rings. The topological polar surface area (TPSA) is 47.6 Å². The van der Waals surface area contributed by atoms with Crippen LogP contribution >= 0.6 is 0 Å². The van der Waals surface area contributed by atoms with Crippen molar-refractivity contribution in [2.75, 3.05) is 13.7 Å². The number of carbonyl (C=O) groups excluding carboxylic acids is 1. The quantitative estimate of drug-likeness (QED) is 0.326. The Morgan fingerprint density at radius 2 is 2.13 bits per heavy atom. The Hall–Kier alpha value is -0.870. The van der Waals surface area contributed by atoms with Crippen LogP contribution in [0.5, 0.6) is 0 Å². The Kier molecular flexibility index (Phi) is 5.36. The van der Waals surface area contributed by atoms with E-state index in [4.69, 9.17) is 4.84 Å². The molecule has 15 heavy (non-hydrogen) atoms. The van der Waals surface area contributed by atoms with Crippen LogP contribution in [0, 0.1) is 0 Å². The van der Waals surface area contributed by atoms with Crippen LogP contribution in [-0.2, 0) is 14.4 Å². The van der Waals surface area contributed by atoms with Crippen molar-refractivity contribution in [1.29, 1.82) is 0 Å². The zero-order valence-corrected chi connectivity index (χ0v) is 9.41. The Morgan fingerprint density at radius 3 is 2.73 bits per heavy atom. The molecule has 0 heterocycles. The Morgan fingerprint density at radius 1 is 1.47 bits per heavy atom. The highest BCUT2D eigenvalue weighted by Crippen LogP contribution is 2.19. The number of hydroxylamine groups is 1. The number of esters is 1. The minimum Gasteiger partial charge on any atom is -0.466 e. The molecule has 1 saturated carbocycles. The third kappa shape index (κ3) is 4.44. The lowest BCUT2D eigenvalue weighted by molar-refractivity contribution is -0.136. The fraction of sp³-hybridized carbons (Fsp3) is 0.727. The average molecular weight is 213 g/mol. The van der Waals surface area contributed by atoms with Crippen molar-refractivity contribution in [1.82, 2.24) is 5.48 Å². The Bertz CT molecular complexity index is 232. The molecule has 1 N–H and O–H groups in total. The van der Waals surface area contributed by atoms with Gasteiger partial charge < -0.3 is 4.74 Å². The molecule has 0 aromatic carbocycles. The molecule has 0 unspecified atom stereocenters. The fourth-order valence-corrected chi connectivity index (χ4v) is 1.61. The van der Waals surface area contributed by atoms with E-state index in [2.05, 4.69) is 10.2 Å². The van der Waals surface area contributed by atoms with Gasteiger partial charge in [0.2, 0.25) is 0 Å². The fourth-order valence-electron chi connectivity index (χ4n) is 1.61. The second-order valence-corrected chi connectivity index (χ2v) is 3.75. The van der Waals surface area contributed by atoms with Gasteiger partial charge >= 0.3 is 5.97 Å². The lowest BCUT2D eigenvalue weighted by atomic mass is 10.3. The lowest BCUT2D eigenvalue weighted by Crippen LogP contribution is -2.22. The third-order valence-electron chi connectivity index (χ3n) is 2.55. The van der Waals surface area contributed by atoms with Crippen LogP contribution in [-0.4, -0.2) is 25.7 Å². The van der Waals surface area contributed by atoms with Crippen molar-refractivity contribution in [2.24, 2.45) is 0 Å². The van der Waals surface area contributed by atoms with Gasteiger partial charge in [0, 0.05) is 12.1 Å². The van der Waals surface area contributed by atoms with Crippen molar-refractivity contribution < 1.29 is 14.4 Å². The molecule has 0 spiro atoms. The zero-order valence-electron chi connectivity index (χ0n) is 9.41. The van der Waals surface area contributed by atoms with Crippen molar-refractivity contribution in [3.63, 3.8) is 0 Å². The van der Waals surface area contributed by atoms with Crippen LogP contribution in [0.2, 0.25) is 0 Å². The maximum absolute atomic E-state index is 11.0. The number of ether oxygens (including phenoxy) is 1. The molecule has 1 rings (SSSR count). The summed E-state index contributed by atoms with van der Waals surface area (Å²) in [5.74, 6) is -0.294. The average Bonchev–Trinajstić information content (AvgIpc) is 2.75. The lowest BCUT2D eigenvalue weighted by Gasteiger charge is -2.10. The Labute approximate surface area is 90.6 Å². The van der Waals surface area contributed by atoms with Gasteiger partial charge in [0.1, 0.15) is 0 Å². The highest BCUT2D eigenvalue weighted by atomic mass is 16.7. The van der Waals surface area contributed by atoms with Crippen LogP contribution in [0.3, 0.4) is 0 Å². The number of hydrogen-bond donors (Lipinski definition) is 1. The van der Waals surface area contributed by atoms with E-state index in [1.54, 1.807) is 13.0 Å². The van der Waals surface area contributed by atoms with Gasteiger partial charge in [-0.05, 0) is 19.8 Å². The molecule has 0 amide bonds. The molecule has 0 bridgehead atoms. The predicted molar refractivity (Wildman–Crippen MR) is 57.1 cm³/mol. The minimum absolute atomic E-state index is 0.294. The molecule has 0 saturated heterocycles. The number of carbonyl (C=O) groups is 1. The van der Waals surface area contributed by atoms with Crippen molar-refractivity contribution in [3.8, 4) is 0 Å². The van der Waals surface area contributed by atoms with Crippen LogP contribution in [0.25, 0.3) is 0 Å². The standard InChI is InChI=1S/C11H19NO3/c1-9(11(13)14-2)7-8-12-15-10-5-3-4-6-10/h7,10,12H,3-6,8H2,1-2H3. The van der Waals surface area contributed by atoms with Gasteiger partial charge in [-0.2, -0.15) is 5.48 Å². The molecular weight excluding hydrogens is 194 g/mol. The van der Waals surface area contributed by atoms with Crippen molar-refractivity contribution in [3.05, 3.63) is 11.6 Å². The molecule has 0 aromatic heterocycles. The maximum atomic E-state index is 11.0. The SMILES string of the molecule is COC(=O)C(C)=CCNOC1CCCC1. The number of hydrogen-bond acceptors (Lipinski definition) is 4. The van der Waals surface area contributed by atoms with Gasteiger partial charge in [-0.15, -0.1) is 0 Å². The minimum atomic E-state index is -0.294. The summed E-state index contributed by atoms with van der Waals surface area (Å²) in [7, 11) is 1.38. The first-order chi connectivity index (χ1) is 7.24. The van der Waals surface area contributed by atoms with E-state index in [1.165, 1.54) is 20.0 Å². The van der Waals surface area contributed by atoms with Crippen molar-refractivity contribution in [2.45, 2.75) is 38.7 Å². The number of rotatable bonds is 5. The molecular formula is C11H19NO3. The van der Waals surface area contributed by atoms with E-state index in [-0.39, 0.29) is 5.97 Å². The molecule has 0 aromatic rings. The van der Waals surface area contributed by atoms with Gasteiger partial charge in [-0.3, -0.25) is 4.84 Å². The van der Waals surface area contributed by atoms with Gasteiger partial charge in [-0.25, -0.2) is 4.79 Å². The van der Waals surface area contributed by atoms with Gasteiger partial charge in [0.05, 0.1) is 13.2 Å². The van der Waals surface area contributed by atoms with E-state index in [0.717, 1.165) is 12.8 Å². The molecule has 1 fully saturated rings. The van der Waals surface area contributed by atoms with Crippen molar-refractivity contribution >= 4 is 5.97 Å². The first-order valence-electron chi connectivity index (χ1n) is 5.37. The summed E-state index contributed by atoms with van der Waals surface area (Å²) >= 11 is 0. The first-order valence-corrected chi connectivity index (χ1v) is 5.37.